The molecule has 6 rings (SSSR count). The Morgan fingerprint density at radius 3 is 2.64 bits per heavy atom. The van der Waals surface area contributed by atoms with E-state index in [9.17, 15) is 29.2 Å². The third kappa shape index (κ3) is 9.05. The molecule has 8 atom stereocenters. The van der Waals surface area contributed by atoms with E-state index in [4.69, 9.17) is 33.7 Å². The largest absolute Gasteiger partial charge is 0.462 e. The maximum Gasteiger partial charge on any atom is 0.389 e. The number of esters is 1. The minimum Gasteiger partial charge on any atom is -0.462 e. The summed E-state index contributed by atoms with van der Waals surface area (Å²) in [5, 5.41) is 21.2. The molecule has 2 aliphatic heterocycles. The lowest BCUT2D eigenvalue weighted by molar-refractivity contribution is -0.0625. The van der Waals surface area contributed by atoms with Crippen LogP contribution in [0.25, 0.3) is 11.2 Å². The van der Waals surface area contributed by atoms with Crippen molar-refractivity contribution in [1.82, 2.24) is 29.1 Å². The van der Waals surface area contributed by atoms with Gasteiger partial charge in [-0.25, -0.2) is 29.1 Å². The van der Waals surface area contributed by atoms with E-state index in [0.29, 0.717) is 41.7 Å². The lowest BCUT2D eigenvalue weighted by Crippen LogP contribution is -2.39. The number of aliphatic hydroxyl groups is 2. The number of nitrogens with zero attached hydrogens (tertiary/aromatic N) is 5. The van der Waals surface area contributed by atoms with Crippen LogP contribution in [0.5, 0.6) is 0 Å². The van der Waals surface area contributed by atoms with E-state index >= 15 is 0 Å². The summed E-state index contributed by atoms with van der Waals surface area (Å²) in [6.07, 6.45) is -1.36. The number of H-pyrrole nitrogens is 1. The molecular weight excluding hydrogens is 737 g/mol. The van der Waals surface area contributed by atoms with Gasteiger partial charge in [0.2, 0.25) is 0 Å². The van der Waals surface area contributed by atoms with Crippen LogP contribution in [0.15, 0.2) is 64.8 Å². The van der Waals surface area contributed by atoms with Crippen molar-refractivity contribution < 1.29 is 47.6 Å². The van der Waals surface area contributed by atoms with Crippen molar-refractivity contribution in [3.63, 3.8) is 0 Å². The fraction of sp³-hybridized carbons (Fsp3) is 0.500. The van der Waals surface area contributed by atoms with E-state index in [0.717, 1.165) is 22.0 Å². The average Bonchev–Trinajstić information content (AvgIpc) is 3.85. The molecule has 0 amide bonds. The molecule has 21 heteroatoms. The highest BCUT2D eigenvalue weighted by molar-refractivity contribution is 8.55. The number of benzene rings is 1. The molecule has 5 heterocycles. The van der Waals surface area contributed by atoms with Gasteiger partial charge in [-0.15, -0.1) is 0 Å². The van der Waals surface area contributed by atoms with Gasteiger partial charge in [0, 0.05) is 31.5 Å². The van der Waals surface area contributed by atoms with Crippen LogP contribution in [-0.4, -0.2) is 108 Å². The number of imidazole rings is 1. The number of carbonyl (C=O) groups excluding carboxylic acids is 1. The molecule has 0 radical (unpaired) electrons. The van der Waals surface area contributed by atoms with Gasteiger partial charge in [-0.2, -0.15) is 0 Å². The normalized spacial score (nSPS) is 25.5. The molecule has 0 saturated carbocycles. The summed E-state index contributed by atoms with van der Waals surface area (Å²) in [5.41, 5.74) is 5.76. The second-order valence-corrected chi connectivity index (χ2v) is 16.3. The number of nitrogen functional groups attached to an aromatic ring is 1. The molecule has 1 aromatic carbocycles. The number of methoxy groups -OCH3 is 1. The van der Waals surface area contributed by atoms with Crippen molar-refractivity contribution >= 4 is 41.1 Å². The van der Waals surface area contributed by atoms with Gasteiger partial charge in [0.1, 0.15) is 42.5 Å². The number of carbonyl (C=O) groups is 1. The third-order valence-electron chi connectivity index (χ3n) is 8.69. The molecule has 0 bridgehead atoms. The van der Waals surface area contributed by atoms with Gasteiger partial charge >= 0.3 is 18.5 Å². The Hall–Kier alpha value is -3.98. The molecule has 19 nitrogen and oxygen atoms in total. The van der Waals surface area contributed by atoms with Crippen LogP contribution in [0.3, 0.4) is 0 Å². The number of aromatic amines is 1. The van der Waals surface area contributed by atoms with Gasteiger partial charge in [-0.1, -0.05) is 18.2 Å². The summed E-state index contributed by atoms with van der Waals surface area (Å²) in [6, 6.07) is 9.77. The summed E-state index contributed by atoms with van der Waals surface area (Å²) in [5.74, 6) is 0.0611. The maximum absolute atomic E-state index is 14.5. The number of nitrogens with one attached hydrogen (secondary N) is 1. The van der Waals surface area contributed by atoms with Crippen LogP contribution in [0, 0.1) is 0 Å². The highest BCUT2D eigenvalue weighted by Gasteiger charge is 2.50. The van der Waals surface area contributed by atoms with E-state index < -0.39 is 73.6 Å². The molecule has 1 unspecified atom stereocenters. The van der Waals surface area contributed by atoms with Crippen LogP contribution >= 0.6 is 18.2 Å². The van der Waals surface area contributed by atoms with Crippen molar-refractivity contribution in [2.24, 2.45) is 0 Å². The molecule has 53 heavy (non-hydrogen) atoms. The zero-order valence-corrected chi connectivity index (χ0v) is 30.3. The number of fused-ring (bicyclic) bond motifs is 1. The Bertz CT molecular complexity index is 2020. The molecular formula is C32H40N7O12PS. The van der Waals surface area contributed by atoms with Gasteiger partial charge in [-0.05, 0) is 42.8 Å². The van der Waals surface area contributed by atoms with Crippen molar-refractivity contribution in [3.8, 4) is 0 Å². The van der Waals surface area contributed by atoms with Crippen LogP contribution in [0.2, 0.25) is 0 Å². The maximum atomic E-state index is 14.5. The minimum absolute atomic E-state index is 0.140. The number of anilines is 1. The third-order valence-corrected chi connectivity index (χ3v) is 12.5. The van der Waals surface area contributed by atoms with Crippen LogP contribution < -0.4 is 17.0 Å². The molecule has 0 aliphatic carbocycles. The number of rotatable bonds is 17. The number of aromatic nitrogens is 6. The van der Waals surface area contributed by atoms with Crippen molar-refractivity contribution in [2.45, 2.75) is 68.7 Å². The quantitative estimate of drug-likeness (QED) is 0.0677. The Labute approximate surface area is 306 Å². The standard InChI is InChI=1S/C32H40N7O12PS/c1-46-27-26(21(15-40)50-30(27)38-11-10-23(42)37-32(38)44)51-52(45,53-13-7-3-6-12-47-31(43)19-8-4-2-5-9-19)48-16-22-20(41)14-24(49-22)39-18-36-25-28(33)34-17-35-29(25)39/h2,4-5,8-11,17-18,20-22,24,26-27,30,40-41H,3,6-7,12-16H2,1H3,(H2,33,34,35)(H,37,42,44)/t20-,21-,22-,24-,26+,27+,30-,52?/m1/s1. The number of nitrogens with two attached hydrogens (primary N) is 1. The number of ether oxygens (including phenoxy) is 4. The predicted octanol–water partition coefficient (Wildman–Crippen LogP) is 1.78. The lowest BCUT2D eigenvalue weighted by atomic mass is 10.1. The molecule has 2 saturated heterocycles. The summed E-state index contributed by atoms with van der Waals surface area (Å²) >= 11 is 0.897. The summed E-state index contributed by atoms with van der Waals surface area (Å²) in [6.45, 7) is -4.90. The number of unbranched alkanes of at least 4 members (excludes halogenated alkanes) is 2. The summed E-state index contributed by atoms with van der Waals surface area (Å²) in [4.78, 5) is 51.1. The fourth-order valence-corrected chi connectivity index (χ4v) is 9.57. The van der Waals surface area contributed by atoms with Gasteiger partial charge in [-0.3, -0.25) is 28.0 Å². The molecule has 3 aromatic heterocycles. The molecule has 5 N–H and O–H groups in total. The first-order valence-electron chi connectivity index (χ1n) is 16.8. The van der Waals surface area contributed by atoms with E-state index in [1.807, 2.05) is 0 Å². The monoisotopic (exact) mass is 777 g/mol. The molecule has 2 aliphatic rings. The van der Waals surface area contributed by atoms with E-state index in [-0.39, 0.29) is 25.5 Å². The average molecular weight is 778 g/mol. The predicted molar refractivity (Wildman–Crippen MR) is 189 cm³/mol. The topological polar surface area (TPSA) is 254 Å². The molecule has 0 spiro atoms. The lowest BCUT2D eigenvalue weighted by Gasteiger charge is -2.28. The molecule has 286 valence electrons. The second-order valence-electron chi connectivity index (χ2n) is 12.2. The zero-order valence-electron chi connectivity index (χ0n) is 28.5. The summed E-state index contributed by atoms with van der Waals surface area (Å²) in [7, 11) is 1.33. The Morgan fingerprint density at radius 1 is 1.08 bits per heavy atom. The van der Waals surface area contributed by atoms with Gasteiger partial charge in [0.05, 0.1) is 37.8 Å². The second kappa shape index (κ2) is 17.4. The fourth-order valence-electron chi connectivity index (χ4n) is 5.99. The molecule has 2 fully saturated rings. The minimum atomic E-state index is -4.16. The first-order chi connectivity index (χ1) is 25.6. The Balaban J connectivity index is 1.12. The van der Waals surface area contributed by atoms with Crippen molar-refractivity contribution in [1.29, 1.82) is 0 Å². The number of hydrogen-bond donors (Lipinski definition) is 4. The molecule has 4 aromatic rings. The van der Waals surface area contributed by atoms with E-state index in [1.54, 1.807) is 34.9 Å². The van der Waals surface area contributed by atoms with Crippen molar-refractivity contribution in [3.05, 3.63) is 81.7 Å². The van der Waals surface area contributed by atoms with E-state index in [1.165, 1.54) is 26.0 Å². The van der Waals surface area contributed by atoms with Gasteiger partial charge in [0.15, 0.2) is 17.7 Å². The highest BCUT2D eigenvalue weighted by atomic mass is 32.7. The van der Waals surface area contributed by atoms with Crippen LogP contribution in [0.1, 0.15) is 48.5 Å². The Kier molecular flexibility index (Phi) is 12.7. The Morgan fingerprint density at radius 2 is 1.89 bits per heavy atom. The van der Waals surface area contributed by atoms with Gasteiger partial charge in [0.25, 0.3) is 5.56 Å². The van der Waals surface area contributed by atoms with Crippen LogP contribution in [-0.2, 0) is 32.6 Å². The van der Waals surface area contributed by atoms with Crippen LogP contribution in [0.4, 0.5) is 5.82 Å². The number of hydrogen-bond acceptors (Lipinski definition) is 17. The highest BCUT2D eigenvalue weighted by Crippen LogP contribution is 2.63. The SMILES string of the molecule is CO[C@H]1[C@@H](OP(=O)(OC[C@H]2O[C@@H](n3cnc4c(N)ncnc43)C[C@H]2O)SCCCCCOC(=O)c2ccccc2)[C@@H](CO)O[C@H]1n1ccc(=O)[nH]c1=O. The number of aliphatic hydroxyl groups excluding tert-OH is 2. The summed E-state index contributed by atoms with van der Waals surface area (Å²) < 4.78 is 52.3. The first-order valence-corrected chi connectivity index (χ1v) is 19.9. The smallest absolute Gasteiger partial charge is 0.389 e. The van der Waals surface area contributed by atoms with Gasteiger partial charge < -0.3 is 34.9 Å². The van der Waals surface area contributed by atoms with E-state index in [2.05, 4.69) is 19.9 Å². The van der Waals surface area contributed by atoms with Crippen molar-refractivity contribution in [2.75, 3.05) is 38.4 Å². The zero-order chi connectivity index (χ0) is 37.5. The first kappa shape index (κ1) is 38.7.